The molecule has 8 heteroatoms. The maximum Gasteiger partial charge on any atom is 0.272 e. The molecule has 2 aromatic carbocycles. The monoisotopic (exact) mass is 426 g/mol. The summed E-state index contributed by atoms with van der Waals surface area (Å²) in [5, 5.41) is 3.23. The van der Waals surface area contributed by atoms with Crippen molar-refractivity contribution < 1.29 is 22.9 Å². The van der Waals surface area contributed by atoms with Gasteiger partial charge in [-0.15, -0.1) is 0 Å². The Kier molecular flexibility index (Phi) is 5.76. The molecule has 1 aliphatic heterocycles. The van der Waals surface area contributed by atoms with Crippen LogP contribution in [-0.2, 0) is 10.0 Å². The summed E-state index contributed by atoms with van der Waals surface area (Å²) >= 11 is 0. The lowest BCUT2D eigenvalue weighted by molar-refractivity contribution is -0.364. The quantitative estimate of drug-likeness (QED) is 0.628. The summed E-state index contributed by atoms with van der Waals surface area (Å²) in [6.07, 6.45) is 1.35. The number of aromatic nitrogens is 1. The molecule has 0 saturated carbocycles. The molecule has 3 aromatic rings. The second-order valence-electron chi connectivity index (χ2n) is 6.82. The predicted octanol–water partition coefficient (Wildman–Crippen LogP) is 2.97. The van der Waals surface area contributed by atoms with Crippen molar-refractivity contribution in [3.63, 3.8) is 0 Å². The molecular formula is C22H24N3O4S+. The van der Waals surface area contributed by atoms with Crippen molar-refractivity contribution in [2.45, 2.75) is 17.9 Å². The zero-order valence-electron chi connectivity index (χ0n) is 16.6. The lowest BCUT2D eigenvalue weighted by Crippen LogP contribution is -2.36. The van der Waals surface area contributed by atoms with E-state index in [1.165, 1.54) is 10.5 Å². The summed E-state index contributed by atoms with van der Waals surface area (Å²) in [5.41, 5.74) is 0.636. The largest absolute Gasteiger partial charge is 0.486 e. The van der Waals surface area contributed by atoms with Crippen LogP contribution >= 0.6 is 0 Å². The molecule has 0 radical (unpaired) electrons. The van der Waals surface area contributed by atoms with Gasteiger partial charge in [0.2, 0.25) is 0 Å². The molecule has 0 aliphatic carbocycles. The molecular weight excluding hydrogens is 402 g/mol. The zero-order chi connectivity index (χ0) is 21.0. The first kappa shape index (κ1) is 20.0. The van der Waals surface area contributed by atoms with Crippen LogP contribution in [0, 0.1) is 0 Å². The van der Waals surface area contributed by atoms with E-state index in [0.29, 0.717) is 31.2 Å². The van der Waals surface area contributed by atoms with Gasteiger partial charge in [0.05, 0.1) is 5.69 Å². The number of sulfonamides is 1. The topological polar surface area (TPSA) is 82.0 Å². The number of fused-ring (bicyclic) bond motifs is 1. The summed E-state index contributed by atoms with van der Waals surface area (Å²) in [4.78, 5) is 3.22. The highest BCUT2D eigenvalue weighted by atomic mass is 32.2. The van der Waals surface area contributed by atoms with Crippen LogP contribution in [0.15, 0.2) is 77.8 Å². The van der Waals surface area contributed by atoms with Gasteiger partial charge in [0.25, 0.3) is 15.8 Å². The highest BCUT2D eigenvalue weighted by molar-refractivity contribution is 7.92. The van der Waals surface area contributed by atoms with E-state index in [2.05, 4.69) is 10.3 Å². The molecule has 0 amide bonds. The molecule has 0 saturated heterocycles. The van der Waals surface area contributed by atoms with Gasteiger partial charge in [-0.2, -0.15) is 0 Å². The van der Waals surface area contributed by atoms with Gasteiger partial charge in [0.1, 0.15) is 24.2 Å². The molecule has 0 fully saturated rings. The Balaban J connectivity index is 1.41. The van der Waals surface area contributed by atoms with Crippen molar-refractivity contribution in [1.82, 2.24) is 0 Å². The number of hydrogen-bond donors (Lipinski definition) is 1. The van der Waals surface area contributed by atoms with Crippen LogP contribution in [-0.4, -0.2) is 34.2 Å². The van der Waals surface area contributed by atoms with Gasteiger partial charge in [-0.1, -0.05) is 30.3 Å². The third kappa shape index (κ3) is 4.18. The summed E-state index contributed by atoms with van der Waals surface area (Å²) in [7, 11) is -3.66. The Hall–Kier alpha value is -3.26. The van der Waals surface area contributed by atoms with E-state index in [1.807, 2.05) is 49.4 Å². The molecule has 2 heterocycles. The summed E-state index contributed by atoms with van der Waals surface area (Å²) < 4.78 is 39.1. The predicted molar refractivity (Wildman–Crippen MR) is 114 cm³/mol. The number of ether oxygens (including phenoxy) is 2. The molecule has 30 heavy (non-hydrogen) atoms. The van der Waals surface area contributed by atoms with E-state index < -0.39 is 10.0 Å². The third-order valence-corrected chi connectivity index (χ3v) is 6.69. The maximum atomic E-state index is 13.0. The number of pyridine rings is 1. The van der Waals surface area contributed by atoms with E-state index in [9.17, 15) is 8.42 Å². The van der Waals surface area contributed by atoms with Crippen molar-refractivity contribution >= 4 is 21.5 Å². The van der Waals surface area contributed by atoms with Gasteiger partial charge in [-0.3, -0.25) is 9.62 Å². The number of para-hydroxylation sites is 3. The standard InChI is InChI=1S/C22H23N3O4S/c1-2-25(17-8-4-3-5-9-17)30(26,27)19-12-13-22(24-15-19)23-14-18-16-28-20-10-6-7-11-21(20)29-18/h3-13,15,18H,2,14,16H2,1H3,(H,23,24)/p+1/t18-/m1/s1. The van der Waals surface area contributed by atoms with Crippen LogP contribution in [0.1, 0.15) is 6.92 Å². The molecule has 0 bridgehead atoms. The lowest BCUT2D eigenvalue weighted by Gasteiger charge is -2.25. The van der Waals surface area contributed by atoms with Crippen LogP contribution in [0.4, 0.5) is 11.5 Å². The SMILES string of the molecule is CCN(c1ccccc1)S(=O)(=O)c1ccc(NC[C@@H]2COc3ccccc3O2)[nH+]c1. The fraction of sp³-hybridized carbons (Fsp3) is 0.227. The number of H-pyrrole nitrogens is 1. The number of hydrogen-bond acceptors (Lipinski definition) is 5. The molecule has 4 rings (SSSR count). The van der Waals surface area contributed by atoms with Crippen molar-refractivity contribution in [2.24, 2.45) is 0 Å². The molecule has 7 nitrogen and oxygen atoms in total. The van der Waals surface area contributed by atoms with E-state index >= 15 is 0 Å². The number of rotatable bonds is 7. The number of anilines is 2. The van der Waals surface area contributed by atoms with Crippen molar-refractivity contribution in [3.8, 4) is 11.5 Å². The lowest BCUT2D eigenvalue weighted by atomic mass is 10.2. The normalized spacial score (nSPS) is 15.4. The van der Waals surface area contributed by atoms with Crippen molar-refractivity contribution in [2.75, 3.05) is 29.3 Å². The first-order chi connectivity index (χ1) is 14.6. The molecule has 0 spiro atoms. The maximum absolute atomic E-state index is 13.0. The highest BCUT2D eigenvalue weighted by Gasteiger charge is 2.26. The molecule has 1 aliphatic rings. The minimum atomic E-state index is -3.66. The molecule has 1 aromatic heterocycles. The van der Waals surface area contributed by atoms with E-state index in [0.717, 1.165) is 11.5 Å². The minimum absolute atomic E-state index is 0.148. The first-order valence-corrected chi connectivity index (χ1v) is 11.2. The van der Waals surface area contributed by atoms with E-state index in [4.69, 9.17) is 9.47 Å². The van der Waals surface area contributed by atoms with Crippen LogP contribution in [0.25, 0.3) is 0 Å². The Labute approximate surface area is 176 Å². The first-order valence-electron chi connectivity index (χ1n) is 9.80. The summed E-state index contributed by atoms with van der Waals surface area (Å²) in [6, 6.07) is 19.9. The average Bonchev–Trinajstić information content (AvgIpc) is 2.79. The van der Waals surface area contributed by atoms with Gasteiger partial charge < -0.3 is 9.47 Å². The van der Waals surface area contributed by atoms with Gasteiger partial charge in [-0.25, -0.2) is 13.4 Å². The van der Waals surface area contributed by atoms with Gasteiger partial charge in [0.15, 0.2) is 17.6 Å². The van der Waals surface area contributed by atoms with E-state index in [-0.39, 0.29) is 11.0 Å². The van der Waals surface area contributed by atoms with Crippen molar-refractivity contribution in [1.29, 1.82) is 0 Å². The van der Waals surface area contributed by atoms with Gasteiger partial charge in [0, 0.05) is 12.6 Å². The fourth-order valence-corrected chi connectivity index (χ4v) is 4.72. The van der Waals surface area contributed by atoms with Crippen LogP contribution < -0.4 is 24.1 Å². The molecule has 1 atom stereocenters. The summed E-state index contributed by atoms with van der Waals surface area (Å²) in [6.45, 7) is 3.11. The zero-order valence-corrected chi connectivity index (χ0v) is 17.4. The average molecular weight is 427 g/mol. The third-order valence-electron chi connectivity index (χ3n) is 4.79. The minimum Gasteiger partial charge on any atom is -0.486 e. The Morgan fingerprint density at radius 3 is 2.47 bits per heavy atom. The Bertz CT molecular complexity index is 1090. The van der Waals surface area contributed by atoms with Gasteiger partial charge >= 0.3 is 0 Å². The van der Waals surface area contributed by atoms with Crippen LogP contribution in [0.3, 0.4) is 0 Å². The molecule has 2 N–H and O–H groups in total. The molecule has 156 valence electrons. The number of aromatic amines is 1. The second kappa shape index (κ2) is 8.62. The smallest absolute Gasteiger partial charge is 0.272 e. The highest BCUT2D eigenvalue weighted by Crippen LogP contribution is 2.30. The fourth-order valence-electron chi connectivity index (χ4n) is 3.28. The van der Waals surface area contributed by atoms with Gasteiger partial charge in [-0.05, 0) is 37.3 Å². The Morgan fingerprint density at radius 1 is 1.03 bits per heavy atom. The number of nitrogens with one attached hydrogen (secondary N) is 2. The number of benzene rings is 2. The van der Waals surface area contributed by atoms with Crippen LogP contribution in [0.2, 0.25) is 0 Å². The molecule has 0 unspecified atom stereocenters. The Morgan fingerprint density at radius 2 is 1.77 bits per heavy atom. The summed E-state index contributed by atoms with van der Waals surface area (Å²) in [5.74, 6) is 2.16. The van der Waals surface area contributed by atoms with E-state index in [1.54, 1.807) is 24.3 Å². The van der Waals surface area contributed by atoms with Crippen LogP contribution in [0.5, 0.6) is 11.5 Å². The second-order valence-corrected chi connectivity index (χ2v) is 8.68. The number of nitrogens with zero attached hydrogens (tertiary/aromatic N) is 1. The van der Waals surface area contributed by atoms with Crippen molar-refractivity contribution in [3.05, 3.63) is 72.9 Å².